The summed E-state index contributed by atoms with van der Waals surface area (Å²) in [5, 5.41) is 11.0. The molecule has 33 heavy (non-hydrogen) atoms. The van der Waals surface area contributed by atoms with E-state index in [2.05, 4.69) is 32.5 Å². The molecule has 1 atom stereocenters. The minimum atomic E-state index is -0.209. The molecule has 5 rings (SSSR count). The molecule has 0 aliphatic carbocycles. The fraction of sp³-hybridized carbons (Fsp3) is 0.520. The third-order valence-corrected chi connectivity index (χ3v) is 7.01. The predicted molar refractivity (Wildman–Crippen MR) is 125 cm³/mol. The molecule has 4 heterocycles. The van der Waals surface area contributed by atoms with E-state index in [-0.39, 0.29) is 23.8 Å². The van der Waals surface area contributed by atoms with Crippen molar-refractivity contribution in [3.63, 3.8) is 0 Å². The van der Waals surface area contributed by atoms with Crippen LogP contribution in [0, 0.1) is 11.8 Å². The van der Waals surface area contributed by atoms with Crippen molar-refractivity contribution in [3.8, 4) is 0 Å². The Kier molecular flexibility index (Phi) is 6.53. The highest BCUT2D eigenvalue weighted by atomic mass is 16.5. The molecule has 3 aliphatic rings. The largest absolute Gasteiger partial charge is 0.368 e. The van der Waals surface area contributed by atoms with Gasteiger partial charge in [-0.05, 0) is 67.9 Å². The minimum absolute atomic E-state index is 0.0331. The second-order valence-corrected chi connectivity index (χ2v) is 9.34. The highest BCUT2D eigenvalue weighted by molar-refractivity contribution is 5.94. The Morgan fingerprint density at radius 3 is 2.52 bits per heavy atom. The van der Waals surface area contributed by atoms with Gasteiger partial charge in [0.2, 0.25) is 5.91 Å². The molecule has 0 spiro atoms. The average molecular weight is 450 g/mol. The number of hydrogen-bond acceptors (Lipinski definition) is 6. The molecule has 0 saturated carbocycles. The second-order valence-electron chi connectivity index (χ2n) is 9.34. The van der Waals surface area contributed by atoms with Gasteiger partial charge in [-0.3, -0.25) is 9.59 Å². The van der Waals surface area contributed by atoms with Crippen LogP contribution in [-0.2, 0) is 20.7 Å². The van der Waals surface area contributed by atoms with Crippen molar-refractivity contribution < 1.29 is 14.3 Å². The van der Waals surface area contributed by atoms with Gasteiger partial charge in [-0.25, -0.2) is 0 Å². The zero-order valence-electron chi connectivity index (χ0n) is 18.9. The molecule has 3 saturated heterocycles. The zero-order valence-corrected chi connectivity index (χ0v) is 18.9. The van der Waals surface area contributed by atoms with Gasteiger partial charge in [0.15, 0.2) is 5.82 Å². The molecule has 1 aromatic carbocycles. The van der Waals surface area contributed by atoms with Crippen LogP contribution in [0.15, 0.2) is 42.6 Å². The van der Waals surface area contributed by atoms with E-state index in [0.29, 0.717) is 25.6 Å². The zero-order chi connectivity index (χ0) is 22.6. The van der Waals surface area contributed by atoms with Crippen molar-refractivity contribution in [2.24, 2.45) is 11.8 Å². The topological polar surface area (TPSA) is 87.7 Å². The van der Waals surface area contributed by atoms with E-state index in [4.69, 9.17) is 4.74 Å². The molecule has 174 valence electrons. The third kappa shape index (κ3) is 5.16. The third-order valence-electron chi connectivity index (χ3n) is 7.01. The van der Waals surface area contributed by atoms with E-state index in [1.165, 1.54) is 5.56 Å². The molecule has 3 aliphatic heterocycles. The SMILES string of the molecule is O=C(Nc1ccc(CC2CCN(C(=O)C3CCCO3)CC2)cc1)C1CN(c2cccnn2)C1. The van der Waals surface area contributed by atoms with E-state index in [1.807, 2.05) is 29.2 Å². The van der Waals surface area contributed by atoms with Gasteiger partial charge >= 0.3 is 0 Å². The lowest BCUT2D eigenvalue weighted by Crippen LogP contribution is -2.52. The maximum atomic E-state index is 12.5. The molecule has 1 aromatic heterocycles. The Morgan fingerprint density at radius 1 is 1.06 bits per heavy atom. The van der Waals surface area contributed by atoms with E-state index >= 15 is 0 Å². The van der Waals surface area contributed by atoms with Crippen LogP contribution in [0.3, 0.4) is 0 Å². The Balaban J connectivity index is 1.05. The lowest BCUT2D eigenvalue weighted by Gasteiger charge is -2.38. The van der Waals surface area contributed by atoms with Crippen molar-refractivity contribution in [1.82, 2.24) is 15.1 Å². The number of amides is 2. The van der Waals surface area contributed by atoms with Gasteiger partial charge in [0.25, 0.3) is 5.91 Å². The Hall–Kier alpha value is -3.00. The van der Waals surface area contributed by atoms with Crippen molar-refractivity contribution in [2.75, 3.05) is 43.0 Å². The molecule has 0 radical (unpaired) electrons. The van der Waals surface area contributed by atoms with Gasteiger partial charge in [0.05, 0.1) is 5.92 Å². The first-order chi connectivity index (χ1) is 16.2. The summed E-state index contributed by atoms with van der Waals surface area (Å²) in [4.78, 5) is 29.1. The summed E-state index contributed by atoms with van der Waals surface area (Å²) in [6, 6.07) is 11.9. The molecule has 3 fully saturated rings. The average Bonchev–Trinajstić information content (AvgIpc) is 3.35. The quantitative estimate of drug-likeness (QED) is 0.729. The van der Waals surface area contributed by atoms with Crippen LogP contribution in [0.4, 0.5) is 11.5 Å². The van der Waals surface area contributed by atoms with Crippen LogP contribution >= 0.6 is 0 Å². The molecular formula is C25H31N5O3. The predicted octanol–water partition coefficient (Wildman–Crippen LogP) is 2.51. The number of carbonyl (C=O) groups excluding carboxylic acids is 2. The van der Waals surface area contributed by atoms with Crippen LogP contribution in [0.1, 0.15) is 31.2 Å². The number of nitrogens with zero attached hydrogens (tertiary/aromatic N) is 4. The summed E-state index contributed by atoms with van der Waals surface area (Å²) in [6.07, 6.45) is 6.36. The molecule has 0 bridgehead atoms. The standard InChI is InChI=1S/C25H31N5O3/c31-24(20-16-30(17-20)23-4-1-11-26-28-23)27-21-7-5-18(6-8-21)15-19-9-12-29(13-10-19)25(32)22-3-2-14-33-22/h1,4-8,11,19-20,22H,2-3,9-10,12-17H2,(H,27,31). The number of piperidine rings is 1. The van der Waals surface area contributed by atoms with Gasteiger partial charge < -0.3 is 19.9 Å². The van der Waals surface area contributed by atoms with E-state index in [9.17, 15) is 9.59 Å². The van der Waals surface area contributed by atoms with E-state index in [1.54, 1.807) is 6.20 Å². The smallest absolute Gasteiger partial charge is 0.251 e. The van der Waals surface area contributed by atoms with Crippen LogP contribution in [-0.4, -0.2) is 65.8 Å². The monoisotopic (exact) mass is 449 g/mol. The molecule has 1 N–H and O–H groups in total. The van der Waals surface area contributed by atoms with E-state index < -0.39 is 0 Å². The minimum Gasteiger partial charge on any atom is -0.368 e. The molecule has 8 nitrogen and oxygen atoms in total. The van der Waals surface area contributed by atoms with Gasteiger partial charge in [-0.2, -0.15) is 5.10 Å². The van der Waals surface area contributed by atoms with Crippen LogP contribution in [0.25, 0.3) is 0 Å². The first-order valence-corrected chi connectivity index (χ1v) is 12.0. The molecular weight excluding hydrogens is 418 g/mol. The number of aromatic nitrogens is 2. The van der Waals surface area contributed by atoms with Gasteiger partial charge in [-0.15, -0.1) is 5.10 Å². The Bertz CT molecular complexity index is 948. The van der Waals surface area contributed by atoms with Crippen LogP contribution in [0.5, 0.6) is 0 Å². The Labute approximate surface area is 194 Å². The summed E-state index contributed by atoms with van der Waals surface area (Å²) in [5.41, 5.74) is 2.10. The van der Waals surface area contributed by atoms with Gasteiger partial charge in [-0.1, -0.05) is 12.1 Å². The number of likely N-dealkylation sites (tertiary alicyclic amines) is 1. The maximum absolute atomic E-state index is 12.5. The van der Waals surface area contributed by atoms with E-state index in [0.717, 1.165) is 56.7 Å². The number of anilines is 2. The Morgan fingerprint density at radius 2 is 1.85 bits per heavy atom. The number of rotatable bonds is 6. The molecule has 8 heteroatoms. The summed E-state index contributed by atoms with van der Waals surface area (Å²) in [6.45, 7) is 3.69. The molecule has 2 aromatic rings. The number of nitrogens with one attached hydrogen (secondary N) is 1. The lowest BCUT2D eigenvalue weighted by atomic mass is 9.90. The van der Waals surface area contributed by atoms with Crippen molar-refractivity contribution in [3.05, 3.63) is 48.2 Å². The summed E-state index contributed by atoms with van der Waals surface area (Å²) in [7, 11) is 0. The summed E-state index contributed by atoms with van der Waals surface area (Å²) >= 11 is 0. The molecule has 2 amide bonds. The maximum Gasteiger partial charge on any atom is 0.251 e. The van der Waals surface area contributed by atoms with Gasteiger partial charge in [0.1, 0.15) is 6.10 Å². The number of ether oxygens (including phenoxy) is 1. The lowest BCUT2D eigenvalue weighted by molar-refractivity contribution is -0.142. The van der Waals surface area contributed by atoms with Gasteiger partial charge in [0, 0.05) is 44.7 Å². The second kappa shape index (κ2) is 9.87. The fourth-order valence-corrected chi connectivity index (χ4v) is 4.93. The van der Waals surface area contributed by atoms with Crippen molar-refractivity contribution in [2.45, 2.75) is 38.2 Å². The summed E-state index contributed by atoms with van der Waals surface area (Å²) < 4.78 is 5.55. The first-order valence-electron chi connectivity index (χ1n) is 12.0. The number of benzene rings is 1. The first kappa shape index (κ1) is 21.8. The highest BCUT2D eigenvalue weighted by Crippen LogP contribution is 2.26. The fourth-order valence-electron chi connectivity index (χ4n) is 4.93. The highest BCUT2D eigenvalue weighted by Gasteiger charge is 2.34. The van der Waals surface area contributed by atoms with Crippen molar-refractivity contribution in [1.29, 1.82) is 0 Å². The molecule has 1 unspecified atom stereocenters. The van der Waals surface area contributed by atoms with Crippen LogP contribution in [0.2, 0.25) is 0 Å². The number of carbonyl (C=O) groups is 2. The van der Waals surface area contributed by atoms with Crippen molar-refractivity contribution >= 4 is 23.3 Å². The van der Waals surface area contributed by atoms with Crippen LogP contribution < -0.4 is 10.2 Å². The number of hydrogen-bond donors (Lipinski definition) is 1. The summed E-state index contributed by atoms with van der Waals surface area (Å²) in [5.74, 6) is 1.59. The normalized spacial score (nSPS) is 21.6.